The molecule has 0 aliphatic heterocycles. The Bertz CT molecular complexity index is 43.9. The van der Waals surface area contributed by atoms with Gasteiger partial charge in [0.1, 0.15) is 0 Å². The Labute approximate surface area is 61.7 Å². The molecule has 0 aromatic carbocycles. The molecule has 3 radical (unpaired) electrons. The molecule has 0 spiro atoms. The zero-order valence-corrected chi connectivity index (χ0v) is 7.45. The molecule has 0 N–H and O–H groups in total. The summed E-state index contributed by atoms with van der Waals surface area (Å²) in [6.45, 7) is 2.20. The molecule has 0 aromatic heterocycles. The smallest absolute Gasteiger partial charge is 0.0608 e. The van der Waals surface area contributed by atoms with Gasteiger partial charge in [0, 0.05) is 7.74 Å². The van der Waals surface area contributed by atoms with Gasteiger partial charge >= 0.3 is 0 Å². The first kappa shape index (κ1) is 8.29. The summed E-state index contributed by atoms with van der Waals surface area (Å²) in [7, 11) is 6.94. The summed E-state index contributed by atoms with van der Waals surface area (Å²) in [5.74, 6) is 0. The van der Waals surface area contributed by atoms with Crippen molar-refractivity contribution in [2.24, 2.45) is 0 Å². The van der Waals surface area contributed by atoms with E-state index in [1.165, 1.54) is 6.16 Å². The highest BCUT2D eigenvalue weighted by molar-refractivity contribution is 14.2. The van der Waals surface area contributed by atoms with Crippen LogP contribution >= 0.6 is 27.6 Å². The van der Waals surface area contributed by atoms with Crippen LogP contribution in [0.5, 0.6) is 0 Å². The van der Waals surface area contributed by atoms with Gasteiger partial charge < -0.3 is 0 Å². The van der Waals surface area contributed by atoms with Crippen LogP contribution in [-0.2, 0) is 0 Å². The minimum absolute atomic E-state index is 0.211. The predicted octanol–water partition coefficient (Wildman–Crippen LogP) is 1.58. The second kappa shape index (κ2) is 5.43. The van der Waals surface area contributed by atoms with Gasteiger partial charge in [-0.25, -0.2) is 0 Å². The van der Waals surface area contributed by atoms with Crippen molar-refractivity contribution in [2.75, 3.05) is 12.2 Å². The topological polar surface area (TPSA) is 0 Å². The SMILES string of the molecule is [B][B]CP(I)CC. The Kier molecular flexibility index (Phi) is 6.43. The molecule has 0 bridgehead atoms. The standard InChI is InChI=1S/C3H7B2IP/c1-2-7(6)3-5-4/h2-3H2,1H3. The molecule has 0 fully saturated rings. The lowest BCUT2D eigenvalue weighted by Gasteiger charge is -2.01. The van der Waals surface area contributed by atoms with Crippen LogP contribution in [0, 0.1) is 0 Å². The fourth-order valence-electron chi connectivity index (χ4n) is 0.243. The molecule has 4 heteroatoms. The highest BCUT2D eigenvalue weighted by Crippen LogP contribution is 2.42. The molecular weight excluding hydrogens is 216 g/mol. The van der Waals surface area contributed by atoms with Crippen LogP contribution in [0.2, 0.25) is 0 Å². The van der Waals surface area contributed by atoms with Crippen molar-refractivity contribution in [1.82, 2.24) is 0 Å². The summed E-state index contributed by atoms with van der Waals surface area (Å²) in [6, 6.07) is 1.10. The normalized spacial score (nSPS) is 13.4. The second-order valence-corrected chi connectivity index (χ2v) is 7.21. The molecule has 0 nitrogen and oxygen atoms in total. The van der Waals surface area contributed by atoms with E-state index in [-0.39, 0.29) is 5.56 Å². The van der Waals surface area contributed by atoms with Crippen molar-refractivity contribution in [3.05, 3.63) is 0 Å². The Morgan fingerprint density at radius 3 is 2.57 bits per heavy atom. The van der Waals surface area contributed by atoms with E-state index in [1.807, 2.05) is 0 Å². The van der Waals surface area contributed by atoms with Crippen molar-refractivity contribution < 1.29 is 0 Å². The van der Waals surface area contributed by atoms with Crippen LogP contribution in [0.4, 0.5) is 0 Å². The van der Waals surface area contributed by atoms with Crippen LogP contribution in [0.15, 0.2) is 0 Å². The van der Waals surface area contributed by atoms with Crippen LogP contribution in [0.3, 0.4) is 0 Å². The van der Waals surface area contributed by atoms with E-state index in [0.29, 0.717) is 0 Å². The molecule has 0 aliphatic carbocycles. The lowest BCUT2D eigenvalue weighted by molar-refractivity contribution is 1.51. The lowest BCUT2D eigenvalue weighted by Crippen LogP contribution is -1.93. The van der Waals surface area contributed by atoms with E-state index in [0.717, 1.165) is 6.06 Å². The van der Waals surface area contributed by atoms with Crippen LogP contribution < -0.4 is 0 Å². The molecule has 0 amide bonds. The Hall–Kier alpha value is 1.29. The maximum Gasteiger partial charge on any atom is 0.0612 e. The molecular formula is C3H7B2IP. The highest BCUT2D eigenvalue weighted by atomic mass is 127. The minimum Gasteiger partial charge on any atom is -0.0608 e. The maximum atomic E-state index is 5.19. The minimum atomic E-state index is 0.211. The quantitative estimate of drug-likeness (QED) is 0.386. The van der Waals surface area contributed by atoms with Gasteiger partial charge in [-0.3, -0.25) is 0 Å². The third kappa shape index (κ3) is 5.16. The summed E-state index contributed by atoms with van der Waals surface area (Å²) >= 11 is 2.46. The van der Waals surface area contributed by atoms with Crippen molar-refractivity contribution in [3.63, 3.8) is 0 Å². The second-order valence-electron chi connectivity index (χ2n) is 1.20. The molecule has 7 heavy (non-hydrogen) atoms. The monoisotopic (exact) mass is 223 g/mol. The maximum absolute atomic E-state index is 5.19. The van der Waals surface area contributed by atoms with Gasteiger partial charge in [-0.15, -0.1) is 0 Å². The zero-order valence-electron chi connectivity index (χ0n) is 4.39. The molecule has 0 aliphatic rings. The van der Waals surface area contributed by atoms with Gasteiger partial charge in [0.15, 0.2) is 0 Å². The summed E-state index contributed by atoms with van der Waals surface area (Å²) < 4.78 is 0. The summed E-state index contributed by atoms with van der Waals surface area (Å²) in [5.41, 5.74) is 0.211. The number of halogens is 1. The lowest BCUT2D eigenvalue weighted by atomic mass is 9.58. The van der Waals surface area contributed by atoms with E-state index in [1.54, 1.807) is 7.17 Å². The Balaban J connectivity index is 2.83. The molecule has 0 saturated heterocycles. The van der Waals surface area contributed by atoms with E-state index in [9.17, 15) is 0 Å². The number of hydrogen-bond acceptors (Lipinski definition) is 0. The molecule has 37 valence electrons. The van der Waals surface area contributed by atoms with Gasteiger partial charge in [-0.05, 0) is 11.7 Å². The molecule has 0 saturated carbocycles. The predicted molar refractivity (Wildman–Crippen MR) is 47.9 cm³/mol. The first-order valence-corrected chi connectivity index (χ1v) is 6.75. The third-order valence-electron chi connectivity index (χ3n) is 0.647. The fraction of sp³-hybridized carbons (Fsp3) is 1.00. The molecule has 0 heterocycles. The zero-order chi connectivity index (χ0) is 5.70. The van der Waals surface area contributed by atoms with E-state index in [2.05, 4.69) is 29.0 Å². The van der Waals surface area contributed by atoms with E-state index >= 15 is 0 Å². The van der Waals surface area contributed by atoms with Crippen molar-refractivity contribution in [3.8, 4) is 0 Å². The molecule has 1 unspecified atom stereocenters. The first-order valence-electron chi connectivity index (χ1n) is 2.25. The first-order chi connectivity index (χ1) is 3.31. The average molecular weight is 223 g/mol. The summed E-state index contributed by atoms with van der Waals surface area (Å²) in [5, 5.41) is 0. The Morgan fingerprint density at radius 2 is 2.43 bits per heavy atom. The largest absolute Gasteiger partial charge is 0.0612 e. The van der Waals surface area contributed by atoms with Crippen LogP contribution in [0.25, 0.3) is 0 Å². The molecule has 0 rings (SSSR count). The number of hydrogen-bond donors (Lipinski definition) is 0. The van der Waals surface area contributed by atoms with E-state index in [4.69, 9.17) is 7.74 Å². The average Bonchev–Trinajstić information content (AvgIpc) is 1.68. The summed E-state index contributed by atoms with van der Waals surface area (Å²) in [6.07, 6.45) is 1.28. The van der Waals surface area contributed by atoms with Crippen molar-refractivity contribution in [1.29, 1.82) is 0 Å². The number of rotatable bonds is 3. The van der Waals surface area contributed by atoms with Gasteiger partial charge in [0.2, 0.25) is 0 Å². The fourth-order valence-corrected chi connectivity index (χ4v) is 1.41. The van der Waals surface area contributed by atoms with Crippen molar-refractivity contribution >= 4 is 42.5 Å². The van der Waals surface area contributed by atoms with Crippen LogP contribution in [-0.4, -0.2) is 27.1 Å². The van der Waals surface area contributed by atoms with Gasteiger partial charge in [-0.1, -0.05) is 35.0 Å². The summed E-state index contributed by atoms with van der Waals surface area (Å²) in [4.78, 5) is 0. The molecule has 1 atom stereocenters. The highest BCUT2D eigenvalue weighted by Gasteiger charge is 1.94. The van der Waals surface area contributed by atoms with Gasteiger partial charge in [0.25, 0.3) is 0 Å². The van der Waals surface area contributed by atoms with Crippen LogP contribution in [0.1, 0.15) is 6.92 Å². The van der Waals surface area contributed by atoms with Gasteiger partial charge in [0.05, 0.1) is 7.17 Å². The Morgan fingerprint density at radius 1 is 1.86 bits per heavy atom. The van der Waals surface area contributed by atoms with E-state index < -0.39 is 0 Å². The van der Waals surface area contributed by atoms with Crippen molar-refractivity contribution in [2.45, 2.75) is 6.92 Å². The third-order valence-corrected chi connectivity index (χ3v) is 5.17. The van der Waals surface area contributed by atoms with Gasteiger partial charge in [-0.2, -0.15) is 0 Å². The molecule has 0 aromatic rings.